The van der Waals surface area contributed by atoms with Crippen LogP contribution in [0, 0.1) is 11.3 Å². The maximum atomic E-state index is 14.6. The Morgan fingerprint density at radius 1 is 0.877 bits per heavy atom. The van der Waals surface area contributed by atoms with E-state index in [4.69, 9.17) is 31.9 Å². The van der Waals surface area contributed by atoms with Crippen LogP contribution >= 0.6 is 0 Å². The Morgan fingerprint density at radius 2 is 1.52 bits per heavy atom. The summed E-state index contributed by atoms with van der Waals surface area (Å²) in [4.78, 5) is 84.3. The number of ether oxygens (including phenoxy) is 2. The standard InChI is InChI=1S/C47H58N10O8/c1-28-42(59)55-37(44(61)52-20-17-49)25-29-6-12-38(64-22-18-50)34(24-29)35-26-30(7-13-39(35)65-23-19-51)41(45(62)53-28)56(5)46(63)36(14-16-48)54-43(60)31-15-21-57(40(58)27-31)33-10-8-32(9-11-33)47(2,3)4/h6-13,15,21,24,26-28,36-37,41H,14,16,18-20,22-23,25,48,50-51H2,1-5H3,(H,52,61)(H,53,62)(H,54,60)(H,55,59)/t28-,36-,37-,41-/m0/s1. The second-order valence-corrected chi connectivity index (χ2v) is 16.6. The van der Waals surface area contributed by atoms with E-state index in [9.17, 15) is 28.8 Å². The summed E-state index contributed by atoms with van der Waals surface area (Å²) < 4.78 is 13.6. The molecule has 0 radical (unpaired) electrons. The molecule has 65 heavy (non-hydrogen) atoms. The molecule has 4 aromatic rings. The lowest BCUT2D eigenvalue weighted by molar-refractivity contribution is -0.141. The van der Waals surface area contributed by atoms with Gasteiger partial charge in [-0.25, -0.2) is 0 Å². The van der Waals surface area contributed by atoms with Crippen LogP contribution in [-0.4, -0.2) is 104 Å². The summed E-state index contributed by atoms with van der Waals surface area (Å²) >= 11 is 0. The molecule has 1 aliphatic rings. The van der Waals surface area contributed by atoms with E-state index in [2.05, 4.69) is 42.0 Å². The molecule has 2 heterocycles. The van der Waals surface area contributed by atoms with Crippen molar-refractivity contribution in [2.24, 2.45) is 17.2 Å². The Balaban J connectivity index is 1.55. The van der Waals surface area contributed by atoms with E-state index in [-0.39, 0.29) is 63.2 Å². The SMILES string of the molecule is C[C@@H]1NC(=O)[C@@H](N(C)C(=O)[C@H](CCN)NC(=O)c2ccn(-c3ccc(C(C)(C)C)cc3)c(=O)c2)c2ccc(OCCN)c(c2)-c2cc(ccc2OCCN)C[C@@H](C(=O)NCC#N)NC1=O. The second-order valence-electron chi connectivity index (χ2n) is 16.6. The molecule has 1 aromatic heterocycles. The highest BCUT2D eigenvalue weighted by Gasteiger charge is 2.36. The smallest absolute Gasteiger partial charge is 0.255 e. The second kappa shape index (κ2) is 22.0. The van der Waals surface area contributed by atoms with Gasteiger partial charge in [-0.15, -0.1) is 0 Å². The Labute approximate surface area is 377 Å². The molecule has 4 bridgehead atoms. The normalized spacial score (nSPS) is 16.7. The number of fused-ring (bicyclic) bond motifs is 5. The summed E-state index contributed by atoms with van der Waals surface area (Å²) in [6.45, 7) is 7.96. The van der Waals surface area contributed by atoms with Crippen molar-refractivity contribution in [3.63, 3.8) is 0 Å². The molecular formula is C47H58N10O8. The number of hydrogen-bond acceptors (Lipinski definition) is 12. The minimum absolute atomic E-state index is 0.00202. The van der Waals surface area contributed by atoms with Gasteiger partial charge in [0.1, 0.15) is 55.4 Å². The van der Waals surface area contributed by atoms with Gasteiger partial charge in [0, 0.05) is 61.2 Å². The van der Waals surface area contributed by atoms with Gasteiger partial charge in [0.05, 0.1) is 6.07 Å². The zero-order valence-electron chi connectivity index (χ0n) is 37.3. The first kappa shape index (κ1) is 49.0. The first-order valence-electron chi connectivity index (χ1n) is 21.3. The van der Waals surface area contributed by atoms with Crippen molar-refractivity contribution in [2.45, 2.75) is 70.1 Å². The summed E-state index contributed by atoms with van der Waals surface area (Å²) in [5.74, 6) is -2.82. The number of carbonyl (C=O) groups is 5. The molecule has 18 nitrogen and oxygen atoms in total. The van der Waals surface area contributed by atoms with Crippen molar-refractivity contribution in [3.8, 4) is 34.4 Å². The predicted molar refractivity (Wildman–Crippen MR) is 244 cm³/mol. The zero-order valence-corrected chi connectivity index (χ0v) is 37.3. The highest BCUT2D eigenvalue weighted by Crippen LogP contribution is 2.40. The average Bonchev–Trinajstić information content (AvgIpc) is 3.28. The van der Waals surface area contributed by atoms with Gasteiger partial charge in [-0.1, -0.05) is 45.0 Å². The topological polar surface area (TPSA) is 279 Å². The monoisotopic (exact) mass is 890 g/mol. The minimum atomic E-state index is -1.43. The summed E-state index contributed by atoms with van der Waals surface area (Å²) in [7, 11) is 1.38. The summed E-state index contributed by atoms with van der Waals surface area (Å²) in [6.07, 6.45) is 1.43. The molecule has 0 unspecified atom stereocenters. The van der Waals surface area contributed by atoms with Crippen molar-refractivity contribution in [1.82, 2.24) is 30.7 Å². The molecule has 0 saturated carbocycles. The van der Waals surface area contributed by atoms with E-state index < -0.39 is 59.3 Å². The van der Waals surface area contributed by atoms with Gasteiger partial charge >= 0.3 is 0 Å². The van der Waals surface area contributed by atoms with Crippen LogP contribution in [0.1, 0.15) is 67.2 Å². The van der Waals surface area contributed by atoms with E-state index in [0.29, 0.717) is 39.4 Å². The van der Waals surface area contributed by atoms with Crippen molar-refractivity contribution in [2.75, 3.05) is 46.4 Å². The van der Waals surface area contributed by atoms with E-state index in [0.717, 1.165) is 10.5 Å². The summed E-state index contributed by atoms with van der Waals surface area (Å²) in [6, 6.07) is 17.0. The van der Waals surface area contributed by atoms with Crippen molar-refractivity contribution < 1.29 is 33.4 Å². The summed E-state index contributed by atoms with van der Waals surface area (Å²) in [5, 5.41) is 19.7. The van der Waals surface area contributed by atoms with Crippen LogP contribution in [0.2, 0.25) is 0 Å². The van der Waals surface area contributed by atoms with Crippen LogP contribution in [0.5, 0.6) is 11.5 Å². The van der Waals surface area contributed by atoms with Crippen LogP contribution in [0.15, 0.2) is 83.8 Å². The zero-order chi connectivity index (χ0) is 47.4. The number of aromatic nitrogens is 1. The van der Waals surface area contributed by atoms with Gasteiger partial charge in [-0.3, -0.25) is 33.3 Å². The summed E-state index contributed by atoms with van der Waals surface area (Å²) in [5.41, 5.74) is 20.5. The van der Waals surface area contributed by atoms with Gasteiger partial charge in [0.25, 0.3) is 11.5 Å². The highest BCUT2D eigenvalue weighted by molar-refractivity contribution is 5.99. The largest absolute Gasteiger partial charge is 0.492 e. The fourth-order valence-corrected chi connectivity index (χ4v) is 7.33. The predicted octanol–water partition coefficient (Wildman–Crippen LogP) is 1.31. The molecule has 10 N–H and O–H groups in total. The Bertz CT molecular complexity index is 2480. The molecule has 1 aliphatic heterocycles. The lowest BCUT2D eigenvalue weighted by Crippen LogP contribution is -2.56. The van der Waals surface area contributed by atoms with Crippen LogP contribution < -0.4 is 53.5 Å². The Morgan fingerprint density at radius 3 is 2.12 bits per heavy atom. The Kier molecular flexibility index (Phi) is 16.6. The molecule has 18 heteroatoms. The maximum Gasteiger partial charge on any atom is 0.255 e. The number of nitrogens with one attached hydrogen (secondary N) is 4. The van der Waals surface area contributed by atoms with Crippen LogP contribution in [-0.2, 0) is 31.0 Å². The number of nitriles is 1. The van der Waals surface area contributed by atoms with Crippen LogP contribution in [0.3, 0.4) is 0 Å². The van der Waals surface area contributed by atoms with Gasteiger partial charge in [-0.2, -0.15) is 5.26 Å². The molecule has 5 rings (SSSR count). The fraction of sp³-hybridized carbons (Fsp3) is 0.383. The number of benzene rings is 3. The van der Waals surface area contributed by atoms with Gasteiger partial charge in [0.2, 0.25) is 23.6 Å². The fourth-order valence-electron chi connectivity index (χ4n) is 7.33. The lowest BCUT2D eigenvalue weighted by Gasteiger charge is -2.32. The number of carbonyl (C=O) groups excluding carboxylic acids is 5. The third kappa shape index (κ3) is 12.1. The third-order valence-electron chi connectivity index (χ3n) is 10.8. The Hall–Kier alpha value is -7.07. The third-order valence-corrected chi connectivity index (χ3v) is 10.8. The number of hydrogen-bond donors (Lipinski definition) is 7. The number of likely N-dealkylation sites (N-methyl/N-ethyl adjacent to an activating group) is 1. The quantitative estimate of drug-likeness (QED) is 0.0833. The average molecular weight is 891 g/mol. The van der Waals surface area contributed by atoms with E-state index in [1.165, 1.54) is 36.9 Å². The number of pyridine rings is 1. The van der Waals surface area contributed by atoms with E-state index in [1.54, 1.807) is 36.4 Å². The molecule has 3 aromatic carbocycles. The molecule has 0 fully saturated rings. The molecule has 0 saturated heterocycles. The maximum absolute atomic E-state index is 14.6. The van der Waals surface area contributed by atoms with Crippen LogP contribution in [0.25, 0.3) is 16.8 Å². The molecular weight excluding hydrogens is 833 g/mol. The molecule has 5 amide bonds. The van der Waals surface area contributed by atoms with Gasteiger partial charge in [0.15, 0.2) is 0 Å². The van der Waals surface area contributed by atoms with Crippen molar-refractivity contribution >= 4 is 29.5 Å². The van der Waals surface area contributed by atoms with Crippen molar-refractivity contribution in [1.29, 1.82) is 5.26 Å². The number of nitrogens with two attached hydrogens (primary N) is 3. The van der Waals surface area contributed by atoms with Crippen molar-refractivity contribution in [3.05, 3.63) is 112 Å². The van der Waals surface area contributed by atoms with Crippen LogP contribution in [0.4, 0.5) is 0 Å². The lowest BCUT2D eigenvalue weighted by atomic mass is 9.87. The molecule has 0 spiro atoms. The van der Waals surface area contributed by atoms with Gasteiger partial charge in [-0.05, 0) is 84.5 Å². The first-order valence-corrected chi connectivity index (χ1v) is 21.3. The highest BCUT2D eigenvalue weighted by atomic mass is 16.5. The molecule has 344 valence electrons. The van der Waals surface area contributed by atoms with E-state index >= 15 is 0 Å². The number of rotatable bonds is 15. The first-order chi connectivity index (χ1) is 31.0. The van der Waals surface area contributed by atoms with E-state index in [1.807, 2.05) is 30.3 Å². The minimum Gasteiger partial charge on any atom is -0.492 e. The van der Waals surface area contributed by atoms with Gasteiger partial charge < -0.3 is 52.8 Å². The molecule has 4 atom stereocenters. The number of amides is 5. The molecule has 0 aliphatic carbocycles. The number of nitrogens with zero attached hydrogens (tertiary/aromatic N) is 3.